The minimum Gasteiger partial charge on any atom is -0.266 e. The summed E-state index contributed by atoms with van der Waals surface area (Å²) in [6, 6.07) is 25.8. The molecule has 0 aromatic heterocycles. The van der Waals surface area contributed by atoms with Crippen LogP contribution in [0.3, 0.4) is 0 Å². The van der Waals surface area contributed by atoms with Gasteiger partial charge in [0.2, 0.25) is 0 Å². The maximum atomic E-state index is 13.2. The van der Waals surface area contributed by atoms with Crippen molar-refractivity contribution in [3.8, 4) is 0 Å². The molecular formula is C24H20N2O. The summed E-state index contributed by atoms with van der Waals surface area (Å²) in [5, 5.41) is 0. The number of amidine groups is 1. The van der Waals surface area contributed by atoms with Crippen LogP contribution in [0.4, 0.5) is 5.69 Å². The fourth-order valence-corrected chi connectivity index (χ4v) is 3.05. The fraction of sp³-hybridized carbons (Fsp3) is 0.0833. The zero-order valence-corrected chi connectivity index (χ0v) is 15.4. The molecule has 0 radical (unpaired) electrons. The molecule has 0 spiro atoms. The summed E-state index contributed by atoms with van der Waals surface area (Å²) >= 11 is 0. The van der Waals surface area contributed by atoms with E-state index in [0.717, 1.165) is 16.8 Å². The predicted octanol–water partition coefficient (Wildman–Crippen LogP) is 5.14. The first-order valence-corrected chi connectivity index (χ1v) is 8.95. The average molecular weight is 352 g/mol. The van der Waals surface area contributed by atoms with E-state index in [1.807, 2.05) is 98.8 Å². The Morgan fingerprint density at radius 3 is 2.00 bits per heavy atom. The van der Waals surface area contributed by atoms with Crippen molar-refractivity contribution in [3.05, 3.63) is 107 Å². The molecule has 4 rings (SSSR count). The molecule has 1 aliphatic heterocycles. The standard InChI is InChI=1S/C24H20N2O/c1-17-8-12-19(13-9-17)16-22-24(27)26(21-6-4-3-5-7-21)23(25-22)20-14-10-18(2)11-15-20/h3-16H,1-2H3/b22-16+. The second-order valence-electron chi connectivity index (χ2n) is 6.72. The zero-order chi connectivity index (χ0) is 18.8. The third-order valence-corrected chi connectivity index (χ3v) is 4.57. The predicted molar refractivity (Wildman–Crippen MR) is 111 cm³/mol. The van der Waals surface area contributed by atoms with E-state index in [9.17, 15) is 4.79 Å². The topological polar surface area (TPSA) is 32.7 Å². The number of carbonyl (C=O) groups is 1. The van der Waals surface area contributed by atoms with Gasteiger partial charge in [0.1, 0.15) is 11.5 Å². The Morgan fingerprint density at radius 1 is 0.778 bits per heavy atom. The van der Waals surface area contributed by atoms with Crippen molar-refractivity contribution in [1.82, 2.24) is 0 Å². The lowest BCUT2D eigenvalue weighted by molar-refractivity contribution is -0.113. The number of benzene rings is 3. The third kappa shape index (κ3) is 3.44. The van der Waals surface area contributed by atoms with Gasteiger partial charge < -0.3 is 0 Å². The molecule has 1 heterocycles. The van der Waals surface area contributed by atoms with Crippen molar-refractivity contribution in [2.24, 2.45) is 4.99 Å². The Hall–Kier alpha value is -3.46. The molecular weight excluding hydrogens is 332 g/mol. The second-order valence-corrected chi connectivity index (χ2v) is 6.72. The molecule has 0 bridgehead atoms. The molecule has 3 aromatic rings. The molecule has 3 nitrogen and oxygen atoms in total. The van der Waals surface area contributed by atoms with Gasteiger partial charge in [-0.1, -0.05) is 77.9 Å². The summed E-state index contributed by atoms with van der Waals surface area (Å²) in [6.45, 7) is 4.09. The highest BCUT2D eigenvalue weighted by Gasteiger charge is 2.32. The highest BCUT2D eigenvalue weighted by molar-refractivity contribution is 6.33. The number of hydrogen-bond acceptors (Lipinski definition) is 2. The van der Waals surface area contributed by atoms with Gasteiger partial charge in [-0.3, -0.25) is 9.69 Å². The van der Waals surface area contributed by atoms with Crippen LogP contribution in [0.25, 0.3) is 6.08 Å². The maximum absolute atomic E-state index is 13.2. The highest BCUT2D eigenvalue weighted by Crippen LogP contribution is 2.27. The van der Waals surface area contributed by atoms with Crippen LogP contribution in [-0.4, -0.2) is 11.7 Å². The van der Waals surface area contributed by atoms with E-state index >= 15 is 0 Å². The molecule has 3 aromatic carbocycles. The largest absolute Gasteiger partial charge is 0.282 e. The van der Waals surface area contributed by atoms with E-state index in [1.54, 1.807) is 4.90 Å². The smallest absolute Gasteiger partial charge is 0.266 e. The molecule has 0 N–H and O–H groups in total. The van der Waals surface area contributed by atoms with Crippen LogP contribution in [0.15, 0.2) is 89.6 Å². The molecule has 3 heteroatoms. The second kappa shape index (κ2) is 7.04. The van der Waals surface area contributed by atoms with Gasteiger partial charge in [-0.05, 0) is 37.6 Å². The van der Waals surface area contributed by atoms with E-state index in [1.165, 1.54) is 11.1 Å². The summed E-state index contributed by atoms with van der Waals surface area (Å²) in [5.41, 5.74) is 5.50. The van der Waals surface area contributed by atoms with Crippen LogP contribution in [-0.2, 0) is 4.79 Å². The molecule has 0 saturated heterocycles. The lowest BCUT2D eigenvalue weighted by Gasteiger charge is -2.18. The number of carbonyl (C=O) groups excluding carboxylic acids is 1. The quantitative estimate of drug-likeness (QED) is 0.601. The average Bonchev–Trinajstić information content (AvgIpc) is 3.01. The van der Waals surface area contributed by atoms with Crippen molar-refractivity contribution in [1.29, 1.82) is 0 Å². The van der Waals surface area contributed by atoms with E-state index in [2.05, 4.69) is 0 Å². The van der Waals surface area contributed by atoms with Crippen molar-refractivity contribution in [2.45, 2.75) is 13.8 Å². The molecule has 132 valence electrons. The highest BCUT2D eigenvalue weighted by atomic mass is 16.2. The van der Waals surface area contributed by atoms with Crippen LogP contribution in [0.2, 0.25) is 0 Å². The first-order chi connectivity index (χ1) is 13.1. The minimum atomic E-state index is -0.114. The Balaban J connectivity index is 1.81. The van der Waals surface area contributed by atoms with Gasteiger partial charge in [-0.25, -0.2) is 4.99 Å². The first kappa shape index (κ1) is 17.0. The Bertz CT molecular complexity index is 1030. The molecule has 0 unspecified atom stereocenters. The van der Waals surface area contributed by atoms with E-state index in [4.69, 9.17) is 4.99 Å². The van der Waals surface area contributed by atoms with Gasteiger partial charge >= 0.3 is 0 Å². The number of amides is 1. The SMILES string of the molecule is Cc1ccc(/C=C2/N=C(c3ccc(C)cc3)N(c3ccccc3)C2=O)cc1. The lowest BCUT2D eigenvalue weighted by Crippen LogP contribution is -2.32. The van der Waals surface area contributed by atoms with Gasteiger partial charge in [-0.2, -0.15) is 0 Å². The minimum absolute atomic E-state index is 0.114. The fourth-order valence-electron chi connectivity index (χ4n) is 3.05. The normalized spacial score (nSPS) is 15.3. The maximum Gasteiger partial charge on any atom is 0.282 e. The number of anilines is 1. The number of nitrogens with zero attached hydrogens (tertiary/aromatic N) is 2. The van der Waals surface area contributed by atoms with Crippen LogP contribution in [0.1, 0.15) is 22.3 Å². The first-order valence-electron chi connectivity index (χ1n) is 8.95. The van der Waals surface area contributed by atoms with Crippen molar-refractivity contribution < 1.29 is 4.79 Å². The van der Waals surface area contributed by atoms with Gasteiger partial charge in [0, 0.05) is 5.56 Å². The Morgan fingerprint density at radius 2 is 1.37 bits per heavy atom. The lowest BCUT2D eigenvalue weighted by atomic mass is 10.1. The Labute approximate surface area is 159 Å². The monoisotopic (exact) mass is 352 g/mol. The van der Waals surface area contributed by atoms with E-state index in [0.29, 0.717) is 11.5 Å². The number of rotatable bonds is 3. The van der Waals surface area contributed by atoms with Gasteiger partial charge in [0.15, 0.2) is 0 Å². The van der Waals surface area contributed by atoms with Gasteiger partial charge in [0.05, 0.1) is 5.69 Å². The van der Waals surface area contributed by atoms with Crippen LogP contribution in [0.5, 0.6) is 0 Å². The summed E-state index contributed by atoms with van der Waals surface area (Å²) in [5.74, 6) is 0.543. The molecule has 1 amide bonds. The molecule has 1 aliphatic rings. The number of para-hydroxylation sites is 1. The summed E-state index contributed by atoms with van der Waals surface area (Å²) in [7, 11) is 0. The summed E-state index contributed by atoms with van der Waals surface area (Å²) in [4.78, 5) is 19.6. The van der Waals surface area contributed by atoms with Crippen molar-refractivity contribution in [2.75, 3.05) is 4.90 Å². The molecule has 0 atom stereocenters. The van der Waals surface area contributed by atoms with Crippen molar-refractivity contribution >= 4 is 23.5 Å². The number of aliphatic imine (C=N–C) groups is 1. The molecule has 0 aliphatic carbocycles. The number of hydrogen-bond donors (Lipinski definition) is 0. The Kier molecular flexibility index (Phi) is 4.43. The van der Waals surface area contributed by atoms with E-state index < -0.39 is 0 Å². The van der Waals surface area contributed by atoms with Gasteiger partial charge in [-0.15, -0.1) is 0 Å². The van der Waals surface area contributed by atoms with Crippen LogP contribution >= 0.6 is 0 Å². The van der Waals surface area contributed by atoms with Gasteiger partial charge in [0.25, 0.3) is 5.91 Å². The van der Waals surface area contributed by atoms with E-state index in [-0.39, 0.29) is 5.91 Å². The van der Waals surface area contributed by atoms with Crippen molar-refractivity contribution in [3.63, 3.8) is 0 Å². The molecule has 0 fully saturated rings. The zero-order valence-electron chi connectivity index (χ0n) is 15.4. The third-order valence-electron chi connectivity index (χ3n) is 4.57. The molecule has 0 saturated carbocycles. The summed E-state index contributed by atoms with van der Waals surface area (Å²) in [6.07, 6.45) is 1.85. The number of aryl methyl sites for hydroxylation is 2. The van der Waals surface area contributed by atoms with Crippen LogP contribution < -0.4 is 4.90 Å². The van der Waals surface area contributed by atoms with Crippen LogP contribution in [0, 0.1) is 13.8 Å². The summed E-state index contributed by atoms with van der Waals surface area (Å²) < 4.78 is 0. The molecule has 27 heavy (non-hydrogen) atoms.